The molecule has 1 aromatic heterocycles. The zero-order valence-electron chi connectivity index (χ0n) is 15.8. The van der Waals surface area contributed by atoms with Crippen LogP contribution in [0.1, 0.15) is 36.8 Å². The maximum Gasteiger partial charge on any atom is 0.261 e. The van der Waals surface area contributed by atoms with Gasteiger partial charge in [0.05, 0.1) is 37.1 Å². The van der Waals surface area contributed by atoms with Crippen molar-refractivity contribution in [3.8, 4) is 0 Å². The summed E-state index contributed by atoms with van der Waals surface area (Å²) in [5.74, 6) is -0.574. The molecule has 1 aliphatic heterocycles. The lowest BCUT2D eigenvalue weighted by Crippen LogP contribution is -2.36. The molecule has 3 rings (SSSR count). The van der Waals surface area contributed by atoms with Gasteiger partial charge in [-0.1, -0.05) is 0 Å². The topological polar surface area (TPSA) is 89.3 Å². The molecule has 1 aliphatic rings. The zero-order valence-corrected chi connectivity index (χ0v) is 15.8. The predicted octanol–water partition coefficient (Wildman–Crippen LogP) is 1.81. The molecular weight excluding hydrogens is 364 g/mol. The minimum absolute atomic E-state index is 0.0520. The quantitative estimate of drug-likeness (QED) is 0.611. The van der Waals surface area contributed by atoms with Crippen LogP contribution in [0.15, 0.2) is 41.0 Å². The fourth-order valence-electron chi connectivity index (χ4n) is 3.03. The summed E-state index contributed by atoms with van der Waals surface area (Å²) >= 11 is 0. The number of fused-ring (bicyclic) bond motifs is 1. The average Bonchev–Trinajstić information content (AvgIpc) is 3.30. The van der Waals surface area contributed by atoms with Gasteiger partial charge >= 0.3 is 0 Å². The summed E-state index contributed by atoms with van der Waals surface area (Å²) in [7, 11) is 3.12. The SMILES string of the molecule is COCCN(CCOC)C(=O)c1ccc2c(c1)C(=O)N(Cc1ccco1)C2=O. The Morgan fingerprint density at radius 3 is 2.32 bits per heavy atom. The van der Waals surface area contributed by atoms with Crippen LogP contribution in [0.3, 0.4) is 0 Å². The molecule has 3 amide bonds. The molecule has 8 nitrogen and oxygen atoms in total. The van der Waals surface area contributed by atoms with Crippen molar-refractivity contribution in [1.82, 2.24) is 9.80 Å². The third kappa shape index (κ3) is 3.97. The van der Waals surface area contributed by atoms with Crippen molar-refractivity contribution in [2.24, 2.45) is 0 Å². The standard InChI is InChI=1S/C20H22N2O6/c1-26-10-7-21(8-11-27-2)18(23)14-5-6-16-17(12-14)20(25)22(19(16)24)13-15-4-3-9-28-15/h3-6,9,12H,7-8,10-11,13H2,1-2H3. The van der Waals surface area contributed by atoms with E-state index < -0.39 is 11.8 Å². The molecular formula is C20H22N2O6. The number of nitrogens with zero attached hydrogens (tertiary/aromatic N) is 2. The van der Waals surface area contributed by atoms with E-state index in [1.807, 2.05) is 0 Å². The van der Waals surface area contributed by atoms with E-state index in [4.69, 9.17) is 13.9 Å². The Hall–Kier alpha value is -2.97. The number of furan rings is 1. The Labute approximate surface area is 162 Å². The van der Waals surface area contributed by atoms with Crippen molar-refractivity contribution in [2.45, 2.75) is 6.54 Å². The Morgan fingerprint density at radius 1 is 1.04 bits per heavy atom. The Kier molecular flexibility index (Phi) is 6.23. The van der Waals surface area contributed by atoms with Crippen LogP contribution in [0.4, 0.5) is 0 Å². The van der Waals surface area contributed by atoms with Crippen molar-refractivity contribution in [1.29, 1.82) is 0 Å². The van der Waals surface area contributed by atoms with Crippen molar-refractivity contribution >= 4 is 17.7 Å². The van der Waals surface area contributed by atoms with Gasteiger partial charge in [-0.3, -0.25) is 19.3 Å². The number of imide groups is 1. The van der Waals surface area contributed by atoms with Crippen LogP contribution >= 0.6 is 0 Å². The van der Waals surface area contributed by atoms with E-state index in [1.165, 1.54) is 18.4 Å². The van der Waals surface area contributed by atoms with Gasteiger partial charge in [0.1, 0.15) is 5.76 Å². The number of benzene rings is 1. The minimum atomic E-state index is -0.439. The summed E-state index contributed by atoms with van der Waals surface area (Å²) in [6, 6.07) is 7.96. The molecule has 0 aliphatic carbocycles. The number of ether oxygens (including phenoxy) is 2. The second-order valence-electron chi connectivity index (χ2n) is 6.31. The summed E-state index contributed by atoms with van der Waals surface area (Å²) in [6.45, 7) is 1.61. The van der Waals surface area contributed by atoms with E-state index in [0.717, 1.165) is 4.90 Å². The second kappa shape index (κ2) is 8.81. The van der Waals surface area contributed by atoms with Crippen LogP contribution in [0.25, 0.3) is 0 Å². The smallest absolute Gasteiger partial charge is 0.261 e. The van der Waals surface area contributed by atoms with Crippen LogP contribution in [0.2, 0.25) is 0 Å². The van der Waals surface area contributed by atoms with Gasteiger partial charge in [-0.15, -0.1) is 0 Å². The monoisotopic (exact) mass is 386 g/mol. The lowest BCUT2D eigenvalue weighted by Gasteiger charge is -2.22. The van der Waals surface area contributed by atoms with Crippen LogP contribution in [-0.2, 0) is 16.0 Å². The molecule has 148 valence electrons. The predicted molar refractivity (Wildman–Crippen MR) is 99.0 cm³/mol. The molecule has 0 atom stereocenters. The van der Waals surface area contributed by atoms with Crippen LogP contribution in [-0.4, -0.2) is 68.0 Å². The van der Waals surface area contributed by atoms with E-state index >= 15 is 0 Å². The third-order valence-electron chi connectivity index (χ3n) is 4.53. The molecule has 0 bridgehead atoms. The van der Waals surface area contributed by atoms with E-state index in [-0.39, 0.29) is 23.6 Å². The first-order chi connectivity index (χ1) is 13.6. The number of hydrogen-bond donors (Lipinski definition) is 0. The van der Waals surface area contributed by atoms with Gasteiger partial charge in [0.2, 0.25) is 0 Å². The largest absolute Gasteiger partial charge is 0.467 e. The Balaban J connectivity index is 1.81. The summed E-state index contributed by atoms with van der Waals surface area (Å²) < 4.78 is 15.3. The second-order valence-corrected chi connectivity index (χ2v) is 6.31. The first kappa shape index (κ1) is 19.8. The summed E-state index contributed by atoms with van der Waals surface area (Å²) in [5, 5.41) is 0. The number of methoxy groups -OCH3 is 2. The van der Waals surface area contributed by atoms with Gasteiger partial charge in [0, 0.05) is 32.9 Å². The van der Waals surface area contributed by atoms with Crippen molar-refractivity contribution in [2.75, 3.05) is 40.5 Å². The van der Waals surface area contributed by atoms with Gasteiger partial charge in [-0.25, -0.2) is 0 Å². The molecule has 0 spiro atoms. The van der Waals surface area contributed by atoms with Gasteiger partial charge in [0.25, 0.3) is 17.7 Å². The van der Waals surface area contributed by atoms with Gasteiger partial charge < -0.3 is 18.8 Å². The number of carbonyl (C=O) groups is 3. The van der Waals surface area contributed by atoms with Crippen LogP contribution in [0, 0.1) is 0 Å². The third-order valence-corrected chi connectivity index (χ3v) is 4.53. The number of hydrogen-bond acceptors (Lipinski definition) is 6. The van der Waals surface area contributed by atoms with E-state index in [2.05, 4.69) is 0 Å². The molecule has 8 heteroatoms. The zero-order chi connectivity index (χ0) is 20.1. The maximum absolute atomic E-state index is 12.9. The number of amides is 3. The molecule has 2 heterocycles. The van der Waals surface area contributed by atoms with Crippen LogP contribution < -0.4 is 0 Å². The van der Waals surface area contributed by atoms with Gasteiger partial charge in [-0.05, 0) is 30.3 Å². The molecule has 0 radical (unpaired) electrons. The van der Waals surface area contributed by atoms with Gasteiger partial charge in [-0.2, -0.15) is 0 Å². The van der Waals surface area contributed by atoms with E-state index in [0.29, 0.717) is 37.6 Å². The highest BCUT2D eigenvalue weighted by molar-refractivity contribution is 6.22. The molecule has 0 unspecified atom stereocenters. The fourth-order valence-corrected chi connectivity index (χ4v) is 3.03. The molecule has 0 N–H and O–H groups in total. The maximum atomic E-state index is 12.9. The van der Waals surface area contributed by atoms with Crippen LogP contribution in [0.5, 0.6) is 0 Å². The highest BCUT2D eigenvalue weighted by Gasteiger charge is 2.36. The average molecular weight is 386 g/mol. The highest BCUT2D eigenvalue weighted by Crippen LogP contribution is 2.26. The first-order valence-electron chi connectivity index (χ1n) is 8.86. The van der Waals surface area contributed by atoms with E-state index in [1.54, 1.807) is 37.3 Å². The van der Waals surface area contributed by atoms with E-state index in [9.17, 15) is 14.4 Å². The summed E-state index contributed by atoms with van der Waals surface area (Å²) in [5.41, 5.74) is 0.848. The molecule has 0 saturated heterocycles. The fraction of sp³-hybridized carbons (Fsp3) is 0.350. The molecule has 0 saturated carbocycles. The lowest BCUT2D eigenvalue weighted by atomic mass is 10.0. The molecule has 0 fully saturated rings. The lowest BCUT2D eigenvalue weighted by molar-refractivity contribution is 0.0624. The van der Waals surface area contributed by atoms with Gasteiger partial charge in [0.15, 0.2) is 0 Å². The first-order valence-corrected chi connectivity index (χ1v) is 8.86. The van der Waals surface area contributed by atoms with Crippen molar-refractivity contribution < 1.29 is 28.3 Å². The highest BCUT2D eigenvalue weighted by atomic mass is 16.5. The normalized spacial score (nSPS) is 13.1. The summed E-state index contributed by atoms with van der Waals surface area (Å²) in [6.07, 6.45) is 1.49. The number of carbonyl (C=O) groups excluding carboxylic acids is 3. The summed E-state index contributed by atoms with van der Waals surface area (Å²) in [4.78, 5) is 40.9. The minimum Gasteiger partial charge on any atom is -0.467 e. The van der Waals surface area contributed by atoms with Crippen molar-refractivity contribution in [3.63, 3.8) is 0 Å². The number of rotatable bonds is 9. The molecule has 2 aromatic rings. The molecule has 28 heavy (non-hydrogen) atoms. The Morgan fingerprint density at radius 2 is 1.71 bits per heavy atom. The van der Waals surface area contributed by atoms with Crippen molar-refractivity contribution in [3.05, 3.63) is 59.0 Å². The Bertz CT molecular complexity index is 854. The molecule has 1 aromatic carbocycles.